The first kappa shape index (κ1) is 26.0. The predicted octanol–water partition coefficient (Wildman–Crippen LogP) is 4.02. The van der Waals surface area contributed by atoms with Crippen molar-refractivity contribution in [3.05, 3.63) is 82.4 Å². The maximum Gasteiger partial charge on any atom is 0.254 e. The molecule has 10 heteroatoms. The number of rotatable bonds is 10. The van der Waals surface area contributed by atoms with Gasteiger partial charge in [-0.15, -0.1) is 11.3 Å². The number of amides is 3. The van der Waals surface area contributed by atoms with Crippen molar-refractivity contribution >= 4 is 34.2 Å². The van der Waals surface area contributed by atoms with Crippen LogP contribution in [0.3, 0.4) is 0 Å². The summed E-state index contributed by atoms with van der Waals surface area (Å²) in [5, 5.41) is 7.39. The molecule has 1 heterocycles. The monoisotopic (exact) mass is 500 g/mol. The zero-order valence-electron chi connectivity index (χ0n) is 19.4. The van der Waals surface area contributed by atoms with E-state index in [9.17, 15) is 23.2 Å². The lowest BCUT2D eigenvalue weighted by Crippen LogP contribution is -2.40. The summed E-state index contributed by atoms with van der Waals surface area (Å²) in [5.74, 6) is -1.73. The Kier molecular flexibility index (Phi) is 9.02. The molecule has 3 rings (SSSR count). The fraction of sp³-hybridized carbons (Fsp3) is 0.280. The van der Waals surface area contributed by atoms with E-state index in [1.54, 1.807) is 17.5 Å². The molecule has 3 amide bonds. The molecule has 0 spiro atoms. The van der Waals surface area contributed by atoms with Gasteiger partial charge in [-0.1, -0.05) is 26.0 Å². The number of anilines is 1. The highest BCUT2D eigenvalue weighted by Gasteiger charge is 2.21. The van der Waals surface area contributed by atoms with E-state index in [0.29, 0.717) is 22.9 Å². The Hall–Kier alpha value is -3.66. The number of nitrogens with one attached hydrogen (secondary N) is 2. The zero-order valence-corrected chi connectivity index (χ0v) is 20.2. The van der Waals surface area contributed by atoms with Gasteiger partial charge in [0.2, 0.25) is 11.8 Å². The van der Waals surface area contributed by atoms with E-state index < -0.39 is 11.7 Å². The second-order valence-corrected chi connectivity index (χ2v) is 9.22. The summed E-state index contributed by atoms with van der Waals surface area (Å²) in [6.07, 6.45) is 0.0239. The first-order chi connectivity index (χ1) is 16.7. The largest absolute Gasteiger partial charge is 0.352 e. The zero-order chi connectivity index (χ0) is 25.4. The molecule has 0 radical (unpaired) electrons. The fourth-order valence-electron chi connectivity index (χ4n) is 3.24. The topological polar surface area (TPSA) is 91.4 Å². The third kappa shape index (κ3) is 8.25. The molecule has 0 fully saturated rings. The summed E-state index contributed by atoms with van der Waals surface area (Å²) in [4.78, 5) is 43.3. The van der Waals surface area contributed by atoms with Crippen LogP contribution in [0.15, 0.2) is 53.9 Å². The fourth-order valence-corrected chi connectivity index (χ4v) is 3.97. The number of nitrogens with zero attached hydrogens (tertiary/aromatic N) is 2. The van der Waals surface area contributed by atoms with Crippen LogP contribution >= 0.6 is 11.3 Å². The summed E-state index contributed by atoms with van der Waals surface area (Å²) >= 11 is 1.17. The van der Waals surface area contributed by atoms with Crippen molar-refractivity contribution in [2.24, 2.45) is 5.92 Å². The second-order valence-electron chi connectivity index (χ2n) is 8.36. The van der Waals surface area contributed by atoms with E-state index >= 15 is 0 Å². The molecule has 0 atom stereocenters. The third-order valence-electron chi connectivity index (χ3n) is 4.84. The first-order valence-corrected chi connectivity index (χ1v) is 11.9. The first-order valence-electron chi connectivity index (χ1n) is 11.0. The number of thiazole rings is 1. The van der Waals surface area contributed by atoms with Crippen molar-refractivity contribution < 1.29 is 23.2 Å². The normalized spacial score (nSPS) is 10.8. The summed E-state index contributed by atoms with van der Waals surface area (Å²) in [7, 11) is 0. The average Bonchev–Trinajstić information content (AvgIpc) is 3.24. The van der Waals surface area contributed by atoms with Crippen molar-refractivity contribution in [1.29, 1.82) is 0 Å². The van der Waals surface area contributed by atoms with E-state index in [4.69, 9.17) is 0 Å². The molecule has 0 bridgehead atoms. The van der Waals surface area contributed by atoms with E-state index in [1.165, 1.54) is 52.6 Å². The molecule has 7 nitrogen and oxygen atoms in total. The van der Waals surface area contributed by atoms with Crippen LogP contribution in [-0.2, 0) is 22.6 Å². The van der Waals surface area contributed by atoms with Crippen LogP contribution in [0.2, 0.25) is 0 Å². The molecule has 0 saturated heterocycles. The van der Waals surface area contributed by atoms with Crippen molar-refractivity contribution in [2.45, 2.75) is 26.8 Å². The molecule has 3 aromatic rings. The van der Waals surface area contributed by atoms with Crippen LogP contribution in [0.25, 0.3) is 0 Å². The van der Waals surface area contributed by atoms with Gasteiger partial charge >= 0.3 is 0 Å². The van der Waals surface area contributed by atoms with Crippen molar-refractivity contribution in [1.82, 2.24) is 15.2 Å². The SMILES string of the molecule is CC(C)CN(CC(=O)Nc1nc(CC(=O)NCc2ccc(F)cc2)cs1)C(=O)c1ccc(F)cc1. The van der Waals surface area contributed by atoms with Gasteiger partial charge in [0, 0.05) is 24.0 Å². The van der Waals surface area contributed by atoms with E-state index in [-0.39, 0.29) is 43.1 Å². The van der Waals surface area contributed by atoms with Gasteiger partial charge in [-0.05, 0) is 47.9 Å². The highest BCUT2D eigenvalue weighted by atomic mass is 32.1. The molecule has 2 aromatic carbocycles. The summed E-state index contributed by atoms with van der Waals surface area (Å²) < 4.78 is 26.2. The van der Waals surface area contributed by atoms with Crippen LogP contribution in [0.4, 0.5) is 13.9 Å². The van der Waals surface area contributed by atoms with E-state index in [1.807, 2.05) is 13.8 Å². The van der Waals surface area contributed by atoms with Gasteiger partial charge in [-0.2, -0.15) is 0 Å². The molecule has 0 aliphatic rings. The average molecular weight is 501 g/mol. The highest BCUT2D eigenvalue weighted by molar-refractivity contribution is 7.13. The minimum absolute atomic E-state index is 0.0239. The van der Waals surface area contributed by atoms with Crippen LogP contribution in [0.1, 0.15) is 35.5 Å². The lowest BCUT2D eigenvalue weighted by atomic mass is 10.1. The number of benzene rings is 2. The maximum atomic E-state index is 13.2. The Balaban J connectivity index is 1.53. The predicted molar refractivity (Wildman–Crippen MR) is 130 cm³/mol. The van der Waals surface area contributed by atoms with E-state index in [0.717, 1.165) is 5.56 Å². The second kappa shape index (κ2) is 12.2. The standard InChI is InChI=1S/C25H26F2N4O3S/c1-16(2)13-31(24(34)18-5-9-20(27)10-6-18)14-23(33)30-25-29-21(15-35-25)11-22(32)28-12-17-3-7-19(26)8-4-17/h3-10,15-16H,11-14H2,1-2H3,(H,28,32)(H,29,30,33). The van der Waals surface area contributed by atoms with Crippen LogP contribution in [-0.4, -0.2) is 40.7 Å². The Morgan fingerprint density at radius 3 is 2.23 bits per heavy atom. The van der Waals surface area contributed by atoms with Crippen molar-refractivity contribution in [2.75, 3.05) is 18.4 Å². The van der Waals surface area contributed by atoms with Gasteiger partial charge in [-0.25, -0.2) is 13.8 Å². The quantitative estimate of drug-likeness (QED) is 0.440. The number of carbonyl (C=O) groups is 3. The minimum atomic E-state index is -0.446. The van der Waals surface area contributed by atoms with Crippen LogP contribution in [0.5, 0.6) is 0 Å². The Bertz CT molecular complexity index is 1160. The summed E-state index contributed by atoms with van der Waals surface area (Å²) in [6, 6.07) is 11.0. The third-order valence-corrected chi connectivity index (χ3v) is 5.65. The number of hydrogen-bond donors (Lipinski definition) is 2. The minimum Gasteiger partial charge on any atom is -0.352 e. The molecular weight excluding hydrogens is 474 g/mol. The molecule has 0 saturated carbocycles. The number of carbonyl (C=O) groups excluding carboxylic acids is 3. The van der Waals surface area contributed by atoms with Gasteiger partial charge in [0.15, 0.2) is 5.13 Å². The van der Waals surface area contributed by atoms with Gasteiger partial charge in [0.05, 0.1) is 12.1 Å². The lowest BCUT2D eigenvalue weighted by molar-refractivity contribution is -0.120. The molecular formula is C25H26F2N4O3S. The number of aromatic nitrogens is 1. The van der Waals surface area contributed by atoms with Crippen LogP contribution < -0.4 is 10.6 Å². The molecule has 35 heavy (non-hydrogen) atoms. The Morgan fingerprint density at radius 2 is 1.60 bits per heavy atom. The molecule has 0 unspecified atom stereocenters. The van der Waals surface area contributed by atoms with Crippen LogP contribution in [0, 0.1) is 17.6 Å². The Morgan fingerprint density at radius 1 is 0.971 bits per heavy atom. The molecule has 2 N–H and O–H groups in total. The van der Waals surface area contributed by atoms with Gasteiger partial charge < -0.3 is 15.5 Å². The lowest BCUT2D eigenvalue weighted by Gasteiger charge is -2.24. The van der Waals surface area contributed by atoms with Gasteiger partial charge in [0.1, 0.15) is 18.2 Å². The van der Waals surface area contributed by atoms with Gasteiger partial charge in [-0.3, -0.25) is 14.4 Å². The summed E-state index contributed by atoms with van der Waals surface area (Å²) in [6.45, 7) is 4.27. The highest BCUT2D eigenvalue weighted by Crippen LogP contribution is 2.16. The summed E-state index contributed by atoms with van der Waals surface area (Å²) in [5.41, 5.74) is 1.55. The molecule has 0 aliphatic carbocycles. The number of hydrogen-bond acceptors (Lipinski definition) is 5. The maximum absolute atomic E-state index is 13.2. The molecule has 0 aliphatic heterocycles. The van der Waals surface area contributed by atoms with E-state index in [2.05, 4.69) is 15.6 Å². The smallest absolute Gasteiger partial charge is 0.254 e. The van der Waals surface area contributed by atoms with Gasteiger partial charge in [0.25, 0.3) is 5.91 Å². The van der Waals surface area contributed by atoms with Crippen molar-refractivity contribution in [3.63, 3.8) is 0 Å². The molecule has 184 valence electrons. The van der Waals surface area contributed by atoms with Crippen molar-refractivity contribution in [3.8, 4) is 0 Å². The molecule has 1 aromatic heterocycles. The Labute approximate surface area is 206 Å². The number of halogens is 2.